The fraction of sp³-hybridized carbons (Fsp3) is 0.438. The normalized spacial score (nSPS) is 25.0. The fourth-order valence-corrected chi connectivity index (χ4v) is 3.57. The Morgan fingerprint density at radius 2 is 2.00 bits per heavy atom. The quantitative estimate of drug-likeness (QED) is 0.864. The van der Waals surface area contributed by atoms with Crippen LogP contribution in [0, 0.1) is 12.8 Å². The summed E-state index contributed by atoms with van der Waals surface area (Å²) in [4.78, 5) is 23.7. The minimum Gasteiger partial charge on any atom is -0.354 e. The zero-order valence-electron chi connectivity index (χ0n) is 12.0. The number of carbonyl (C=O) groups is 1. The van der Waals surface area contributed by atoms with E-state index in [2.05, 4.69) is 15.2 Å². The number of piperidine rings is 1. The van der Waals surface area contributed by atoms with Gasteiger partial charge in [-0.1, -0.05) is 12.1 Å². The third kappa shape index (κ3) is 1.95. The van der Waals surface area contributed by atoms with E-state index in [-0.39, 0.29) is 17.9 Å². The predicted octanol–water partition coefficient (Wildman–Crippen LogP) is 1.65. The van der Waals surface area contributed by atoms with Gasteiger partial charge in [-0.3, -0.25) is 4.79 Å². The smallest absolute Gasteiger partial charge is 0.225 e. The lowest BCUT2D eigenvalue weighted by molar-refractivity contribution is -0.123. The molecule has 4 rings (SSSR count). The second-order valence-corrected chi connectivity index (χ2v) is 5.88. The summed E-state index contributed by atoms with van der Waals surface area (Å²) in [7, 11) is 0. The molecular formula is C16H18N4O. The van der Waals surface area contributed by atoms with Crippen molar-refractivity contribution in [3.63, 3.8) is 0 Å². The average Bonchev–Trinajstić information content (AvgIpc) is 2.88. The summed E-state index contributed by atoms with van der Waals surface area (Å²) in [6.45, 7) is 3.67. The first kappa shape index (κ1) is 12.6. The largest absolute Gasteiger partial charge is 0.354 e. The van der Waals surface area contributed by atoms with Crippen LogP contribution in [0.5, 0.6) is 0 Å². The highest BCUT2D eigenvalue weighted by Crippen LogP contribution is 2.32. The molecule has 0 bridgehead atoms. The number of para-hydroxylation sites is 2. The van der Waals surface area contributed by atoms with Crippen molar-refractivity contribution in [3.05, 3.63) is 30.0 Å². The molecule has 0 saturated carbocycles. The van der Waals surface area contributed by atoms with Crippen LogP contribution in [0.1, 0.15) is 18.5 Å². The van der Waals surface area contributed by atoms with Gasteiger partial charge in [-0.2, -0.15) is 0 Å². The monoisotopic (exact) mass is 282 g/mol. The number of nitrogens with zero attached hydrogens (tertiary/aromatic N) is 3. The molecule has 2 aromatic rings. The van der Waals surface area contributed by atoms with E-state index in [0.717, 1.165) is 48.5 Å². The third-order valence-electron chi connectivity index (χ3n) is 4.59. The van der Waals surface area contributed by atoms with Gasteiger partial charge in [0.2, 0.25) is 5.91 Å². The number of hydrogen-bond acceptors (Lipinski definition) is 4. The molecule has 1 N–H and O–H groups in total. The van der Waals surface area contributed by atoms with Gasteiger partial charge in [0.1, 0.15) is 0 Å². The Bertz CT molecular complexity index is 714. The molecule has 2 saturated heterocycles. The van der Waals surface area contributed by atoms with E-state index >= 15 is 0 Å². The van der Waals surface area contributed by atoms with Crippen molar-refractivity contribution in [1.82, 2.24) is 15.3 Å². The number of fused-ring (bicyclic) bond motifs is 2. The molecule has 21 heavy (non-hydrogen) atoms. The molecule has 2 aliphatic heterocycles. The summed E-state index contributed by atoms with van der Waals surface area (Å²) in [5, 5.41) is 2.99. The molecule has 2 atom stereocenters. The molecule has 0 spiro atoms. The predicted molar refractivity (Wildman–Crippen MR) is 81.1 cm³/mol. The number of nitrogens with one attached hydrogen (secondary N) is 1. The highest BCUT2D eigenvalue weighted by molar-refractivity contribution is 5.83. The molecule has 1 aromatic carbocycles. The van der Waals surface area contributed by atoms with Crippen molar-refractivity contribution >= 4 is 22.8 Å². The van der Waals surface area contributed by atoms with Crippen LogP contribution in [-0.2, 0) is 4.79 Å². The van der Waals surface area contributed by atoms with Crippen LogP contribution in [-0.4, -0.2) is 35.0 Å². The number of rotatable bonds is 1. The molecule has 5 nitrogen and oxygen atoms in total. The second-order valence-electron chi connectivity index (χ2n) is 5.88. The van der Waals surface area contributed by atoms with Crippen LogP contribution in [0.25, 0.3) is 11.0 Å². The summed E-state index contributed by atoms with van der Waals surface area (Å²) in [6, 6.07) is 8.16. The Morgan fingerprint density at radius 3 is 2.81 bits per heavy atom. The highest BCUT2D eigenvalue weighted by Gasteiger charge is 2.41. The Labute approximate surface area is 123 Å². The van der Waals surface area contributed by atoms with Crippen molar-refractivity contribution in [2.75, 3.05) is 18.0 Å². The number of aryl methyl sites for hydroxylation is 1. The first-order valence-electron chi connectivity index (χ1n) is 7.52. The van der Waals surface area contributed by atoms with E-state index in [1.807, 2.05) is 31.2 Å². The molecule has 2 fully saturated rings. The number of anilines is 1. The van der Waals surface area contributed by atoms with E-state index in [0.29, 0.717) is 0 Å². The SMILES string of the molecule is Cc1nc2ccccc2nc1N1CCC[C@H]2C(=O)NC[C@H]21. The zero-order valence-corrected chi connectivity index (χ0v) is 12.0. The van der Waals surface area contributed by atoms with Crippen molar-refractivity contribution in [3.8, 4) is 0 Å². The Morgan fingerprint density at radius 1 is 1.24 bits per heavy atom. The lowest BCUT2D eigenvalue weighted by atomic mass is 9.91. The van der Waals surface area contributed by atoms with Gasteiger partial charge < -0.3 is 10.2 Å². The van der Waals surface area contributed by atoms with E-state index < -0.39 is 0 Å². The number of aromatic nitrogens is 2. The van der Waals surface area contributed by atoms with Gasteiger partial charge in [0, 0.05) is 13.1 Å². The minimum absolute atomic E-state index is 0.103. The van der Waals surface area contributed by atoms with E-state index in [4.69, 9.17) is 4.98 Å². The van der Waals surface area contributed by atoms with Gasteiger partial charge in [-0.05, 0) is 31.9 Å². The fourth-order valence-electron chi connectivity index (χ4n) is 3.57. The van der Waals surface area contributed by atoms with Crippen molar-refractivity contribution < 1.29 is 4.79 Å². The van der Waals surface area contributed by atoms with Crippen LogP contribution in [0.2, 0.25) is 0 Å². The lowest BCUT2D eigenvalue weighted by Gasteiger charge is -2.37. The van der Waals surface area contributed by atoms with Crippen LogP contribution in [0.4, 0.5) is 5.82 Å². The summed E-state index contributed by atoms with van der Waals surface area (Å²) in [6.07, 6.45) is 2.01. The molecule has 0 aliphatic carbocycles. The molecule has 1 amide bonds. The lowest BCUT2D eigenvalue weighted by Crippen LogP contribution is -2.46. The first-order chi connectivity index (χ1) is 10.2. The van der Waals surface area contributed by atoms with Gasteiger partial charge in [0.15, 0.2) is 5.82 Å². The maximum atomic E-state index is 11.9. The van der Waals surface area contributed by atoms with Crippen LogP contribution >= 0.6 is 0 Å². The third-order valence-corrected chi connectivity index (χ3v) is 4.59. The van der Waals surface area contributed by atoms with Gasteiger partial charge in [0.05, 0.1) is 28.7 Å². The Balaban J connectivity index is 1.78. The number of amides is 1. The van der Waals surface area contributed by atoms with E-state index in [1.54, 1.807) is 0 Å². The molecule has 3 heterocycles. The van der Waals surface area contributed by atoms with Gasteiger partial charge in [-0.15, -0.1) is 0 Å². The molecular weight excluding hydrogens is 264 g/mol. The maximum absolute atomic E-state index is 11.9. The van der Waals surface area contributed by atoms with Crippen molar-refractivity contribution in [2.45, 2.75) is 25.8 Å². The first-order valence-corrected chi connectivity index (χ1v) is 7.52. The molecule has 0 radical (unpaired) electrons. The molecule has 2 aliphatic rings. The summed E-state index contributed by atoms with van der Waals surface area (Å²) in [5.74, 6) is 1.22. The van der Waals surface area contributed by atoms with Gasteiger partial charge in [-0.25, -0.2) is 9.97 Å². The van der Waals surface area contributed by atoms with Gasteiger partial charge >= 0.3 is 0 Å². The van der Waals surface area contributed by atoms with Crippen LogP contribution in [0.15, 0.2) is 24.3 Å². The standard InChI is InChI=1S/C16H18N4O/c1-10-15(19-13-7-3-2-6-12(13)18-10)20-8-4-5-11-14(20)9-17-16(11)21/h2-3,6-7,11,14H,4-5,8-9H2,1H3,(H,17,21)/t11-,14-/m1/s1. The molecule has 5 heteroatoms. The summed E-state index contributed by atoms with van der Waals surface area (Å²) < 4.78 is 0. The summed E-state index contributed by atoms with van der Waals surface area (Å²) >= 11 is 0. The highest BCUT2D eigenvalue weighted by atomic mass is 16.2. The second kappa shape index (κ2) is 4.69. The van der Waals surface area contributed by atoms with Crippen LogP contribution in [0.3, 0.4) is 0 Å². The average molecular weight is 282 g/mol. The van der Waals surface area contributed by atoms with Crippen molar-refractivity contribution in [2.24, 2.45) is 5.92 Å². The Kier molecular flexibility index (Phi) is 2.80. The van der Waals surface area contributed by atoms with E-state index in [9.17, 15) is 4.79 Å². The number of carbonyl (C=O) groups excluding carboxylic acids is 1. The maximum Gasteiger partial charge on any atom is 0.225 e. The number of benzene rings is 1. The van der Waals surface area contributed by atoms with Crippen molar-refractivity contribution in [1.29, 1.82) is 0 Å². The Hall–Kier alpha value is -2.17. The molecule has 1 aromatic heterocycles. The van der Waals surface area contributed by atoms with E-state index in [1.165, 1.54) is 0 Å². The van der Waals surface area contributed by atoms with Gasteiger partial charge in [0.25, 0.3) is 0 Å². The molecule has 0 unspecified atom stereocenters. The number of hydrogen-bond donors (Lipinski definition) is 1. The molecule has 108 valence electrons. The summed E-state index contributed by atoms with van der Waals surface area (Å²) in [5.41, 5.74) is 2.78. The zero-order chi connectivity index (χ0) is 14.4. The topological polar surface area (TPSA) is 58.1 Å². The minimum atomic E-state index is 0.103. The van der Waals surface area contributed by atoms with Crippen LogP contribution < -0.4 is 10.2 Å².